The largest absolute Gasteiger partial charge is 0.494 e. The number of rotatable bonds is 17. The molecule has 0 spiro atoms. The minimum absolute atomic E-state index is 0.121. The second kappa shape index (κ2) is 21.8. The molecule has 0 saturated carbocycles. The lowest BCUT2D eigenvalue weighted by atomic mass is 9.95. The Hall–Kier alpha value is -5.66. The quantitative estimate of drug-likeness (QED) is 0.0789. The molecule has 0 radical (unpaired) electrons. The highest BCUT2D eigenvalue weighted by Gasteiger charge is 2.30. The fraction of sp³-hybridized carbons (Fsp3) is 0.261. The highest BCUT2D eigenvalue weighted by Crippen LogP contribution is 2.29. The predicted octanol–water partition coefficient (Wildman–Crippen LogP) is 8.47. The van der Waals surface area contributed by atoms with Crippen molar-refractivity contribution in [2.75, 3.05) is 13.2 Å². The van der Waals surface area contributed by atoms with E-state index in [1.54, 1.807) is 30.5 Å². The van der Waals surface area contributed by atoms with Gasteiger partial charge in [0.05, 0.1) is 24.6 Å². The predicted molar refractivity (Wildman–Crippen MR) is 215 cm³/mol. The summed E-state index contributed by atoms with van der Waals surface area (Å²) >= 11 is 0. The van der Waals surface area contributed by atoms with Crippen LogP contribution in [0.2, 0.25) is 0 Å². The zero-order chi connectivity index (χ0) is 41.4. The van der Waals surface area contributed by atoms with E-state index in [2.05, 4.69) is 14.9 Å². The minimum atomic E-state index is -1.06. The van der Waals surface area contributed by atoms with Gasteiger partial charge in [-0.3, -0.25) is 14.9 Å². The molecular formula is C46H48F4N4O4. The molecule has 0 amide bonds. The first kappa shape index (κ1) is 43.5. The number of pyridine rings is 2. The molecule has 4 aromatic carbocycles. The molecule has 2 aromatic heterocycles. The number of halogens is 4. The molecule has 0 bridgehead atoms. The van der Waals surface area contributed by atoms with E-state index in [9.17, 15) is 27.8 Å². The molecule has 8 nitrogen and oxygen atoms in total. The van der Waals surface area contributed by atoms with Crippen molar-refractivity contribution in [1.29, 1.82) is 0 Å². The van der Waals surface area contributed by atoms with E-state index >= 15 is 0 Å². The maximum Gasteiger partial charge on any atom is 0.126 e. The van der Waals surface area contributed by atoms with E-state index in [0.717, 1.165) is 23.3 Å². The molecule has 0 aliphatic rings. The second-order valence-corrected chi connectivity index (χ2v) is 13.7. The van der Waals surface area contributed by atoms with Gasteiger partial charge < -0.3 is 25.4 Å². The summed E-state index contributed by atoms with van der Waals surface area (Å²) < 4.78 is 65.5. The van der Waals surface area contributed by atoms with Crippen molar-refractivity contribution in [3.8, 4) is 11.5 Å². The molecule has 0 aliphatic heterocycles. The summed E-state index contributed by atoms with van der Waals surface area (Å²) in [5.41, 5.74) is 9.69. The molecule has 4 atom stereocenters. The van der Waals surface area contributed by atoms with Crippen molar-refractivity contribution in [3.05, 3.63) is 191 Å². The van der Waals surface area contributed by atoms with Gasteiger partial charge in [0, 0.05) is 61.8 Å². The van der Waals surface area contributed by atoms with Gasteiger partial charge in [-0.15, -0.1) is 0 Å². The summed E-state index contributed by atoms with van der Waals surface area (Å²) in [5, 5.41) is 21.9. The van der Waals surface area contributed by atoms with E-state index in [1.165, 1.54) is 30.5 Å². The number of nitrogens with two attached hydrogens (primary N) is 1. The lowest BCUT2D eigenvalue weighted by molar-refractivity contribution is 0.0354. The summed E-state index contributed by atoms with van der Waals surface area (Å²) in [5.74, 6) is -1.45. The van der Waals surface area contributed by atoms with E-state index in [0.29, 0.717) is 60.3 Å². The summed E-state index contributed by atoms with van der Waals surface area (Å²) in [4.78, 5) is 10.6. The number of nitrogens with zero attached hydrogens (tertiary/aromatic N) is 3. The first-order valence-electron chi connectivity index (χ1n) is 19.0. The van der Waals surface area contributed by atoms with Crippen LogP contribution in [0.5, 0.6) is 11.5 Å². The van der Waals surface area contributed by atoms with Crippen molar-refractivity contribution in [2.45, 2.75) is 64.1 Å². The van der Waals surface area contributed by atoms with Crippen LogP contribution in [0.25, 0.3) is 0 Å². The van der Waals surface area contributed by atoms with Crippen LogP contribution in [0, 0.1) is 23.3 Å². The average molecular weight is 797 g/mol. The van der Waals surface area contributed by atoms with E-state index in [-0.39, 0.29) is 12.8 Å². The SMILES string of the molecule is CCOc1ccnc([C@@H](O)[C@@H](N)Cc2cc(F)cc(F)c2)c1.CCOc1ccnc([C@@H](O)[C@H](Cc2cc(F)cc(F)c2)N(Cc2ccccc2)Cc2ccccc2)c1. The smallest absolute Gasteiger partial charge is 0.126 e. The van der Waals surface area contributed by atoms with E-state index < -0.39 is 47.6 Å². The molecule has 58 heavy (non-hydrogen) atoms. The molecule has 12 heteroatoms. The second-order valence-electron chi connectivity index (χ2n) is 13.7. The summed E-state index contributed by atoms with van der Waals surface area (Å²) in [7, 11) is 0. The Balaban J connectivity index is 0.000000249. The molecule has 4 N–H and O–H groups in total. The molecule has 0 fully saturated rings. The molecule has 6 rings (SSSR count). The number of aliphatic hydroxyl groups excluding tert-OH is 2. The Morgan fingerprint density at radius 2 is 0.966 bits per heavy atom. The van der Waals surface area contributed by atoms with Crippen LogP contribution in [-0.4, -0.2) is 50.4 Å². The van der Waals surface area contributed by atoms with Gasteiger partial charge in [-0.2, -0.15) is 0 Å². The number of aromatic nitrogens is 2. The number of benzene rings is 4. The van der Waals surface area contributed by atoms with Gasteiger partial charge >= 0.3 is 0 Å². The van der Waals surface area contributed by atoms with Gasteiger partial charge in [-0.05, 0) is 85.3 Å². The number of hydrogen-bond donors (Lipinski definition) is 3. The summed E-state index contributed by atoms with van der Waals surface area (Å²) in [6, 6.07) is 32.0. The fourth-order valence-electron chi connectivity index (χ4n) is 6.56. The third-order valence-corrected chi connectivity index (χ3v) is 9.19. The molecular weight excluding hydrogens is 749 g/mol. The number of aliphatic hydroxyl groups is 2. The van der Waals surface area contributed by atoms with Crippen molar-refractivity contribution < 1.29 is 37.2 Å². The van der Waals surface area contributed by atoms with Gasteiger partial charge in [0.1, 0.15) is 47.0 Å². The highest BCUT2D eigenvalue weighted by molar-refractivity contribution is 5.28. The average Bonchev–Trinajstić information content (AvgIpc) is 3.20. The van der Waals surface area contributed by atoms with Gasteiger partial charge in [-0.1, -0.05) is 60.7 Å². The number of ether oxygens (including phenoxy) is 2. The zero-order valence-electron chi connectivity index (χ0n) is 32.4. The van der Waals surface area contributed by atoms with Gasteiger partial charge in [0.25, 0.3) is 0 Å². The molecule has 0 unspecified atom stereocenters. The third-order valence-electron chi connectivity index (χ3n) is 9.19. The monoisotopic (exact) mass is 796 g/mol. The zero-order valence-corrected chi connectivity index (χ0v) is 32.4. The van der Waals surface area contributed by atoms with Crippen molar-refractivity contribution in [1.82, 2.24) is 14.9 Å². The standard InChI is InChI=1S/C30H30F2N2O2.C16H18F2N2O2/c1-2-36-27-13-14-33-28(19-27)30(35)29(17-24-15-25(31)18-26(32)16-24)34(20-22-9-5-3-6-10-22)21-23-11-7-4-8-12-23;1-2-22-13-3-4-20-15(9-13)16(21)14(19)7-10-5-11(17)8-12(18)6-10/h3-16,18-19,29-30,35H,2,17,20-21H2,1H3;3-6,8-9,14,16,21H,2,7,19H2,1H3/t29-,30+;14-,16-/m00/s1. The first-order chi connectivity index (χ1) is 28.0. The summed E-state index contributed by atoms with van der Waals surface area (Å²) in [6.45, 7) is 5.77. The Labute approximate surface area is 336 Å². The lowest BCUT2D eigenvalue weighted by Gasteiger charge is -2.35. The van der Waals surface area contributed by atoms with Crippen LogP contribution >= 0.6 is 0 Å². The van der Waals surface area contributed by atoms with Crippen LogP contribution in [0.4, 0.5) is 17.6 Å². The maximum absolute atomic E-state index is 14.1. The Morgan fingerprint density at radius 3 is 1.40 bits per heavy atom. The molecule has 6 aromatic rings. The van der Waals surface area contributed by atoms with Crippen LogP contribution in [0.15, 0.2) is 134 Å². The van der Waals surface area contributed by atoms with Crippen LogP contribution in [0.1, 0.15) is 59.7 Å². The minimum Gasteiger partial charge on any atom is -0.494 e. The maximum atomic E-state index is 14.1. The van der Waals surface area contributed by atoms with Gasteiger partial charge in [-0.25, -0.2) is 17.6 Å². The molecule has 304 valence electrons. The third kappa shape index (κ3) is 13.2. The topological polar surface area (TPSA) is 114 Å². The molecule has 2 heterocycles. The Morgan fingerprint density at radius 1 is 0.552 bits per heavy atom. The van der Waals surface area contributed by atoms with Crippen LogP contribution in [-0.2, 0) is 25.9 Å². The highest BCUT2D eigenvalue weighted by atomic mass is 19.1. The van der Waals surface area contributed by atoms with Crippen molar-refractivity contribution in [3.63, 3.8) is 0 Å². The van der Waals surface area contributed by atoms with E-state index in [4.69, 9.17) is 15.2 Å². The Bertz CT molecular complexity index is 2080. The normalized spacial score (nSPS) is 13.2. The Kier molecular flexibility index (Phi) is 16.3. The van der Waals surface area contributed by atoms with Crippen molar-refractivity contribution >= 4 is 0 Å². The lowest BCUT2D eigenvalue weighted by Crippen LogP contribution is -2.41. The fourth-order valence-corrected chi connectivity index (χ4v) is 6.56. The summed E-state index contributed by atoms with van der Waals surface area (Å²) in [6.07, 6.45) is 1.35. The van der Waals surface area contributed by atoms with Crippen LogP contribution in [0.3, 0.4) is 0 Å². The van der Waals surface area contributed by atoms with Crippen molar-refractivity contribution in [2.24, 2.45) is 5.73 Å². The molecule has 0 saturated heterocycles. The van der Waals surface area contributed by atoms with Crippen LogP contribution < -0.4 is 15.2 Å². The first-order valence-corrected chi connectivity index (χ1v) is 19.0. The van der Waals surface area contributed by atoms with Gasteiger partial charge in [0.2, 0.25) is 0 Å². The molecule has 0 aliphatic carbocycles. The number of hydrogen-bond acceptors (Lipinski definition) is 8. The van der Waals surface area contributed by atoms with Gasteiger partial charge in [0.15, 0.2) is 0 Å². The van der Waals surface area contributed by atoms with E-state index in [1.807, 2.05) is 74.5 Å².